The van der Waals surface area contributed by atoms with E-state index in [9.17, 15) is 0 Å². The molecule has 0 aliphatic carbocycles. The van der Waals surface area contributed by atoms with Crippen molar-refractivity contribution in [3.8, 4) is 0 Å². The van der Waals surface area contributed by atoms with Crippen molar-refractivity contribution in [3.63, 3.8) is 0 Å². The zero-order chi connectivity index (χ0) is 21.7. The molecule has 0 fully saturated rings. The molecule has 0 amide bonds. The summed E-state index contributed by atoms with van der Waals surface area (Å²) < 4.78 is 30.5. The third kappa shape index (κ3) is 2.80. The zero-order valence-corrected chi connectivity index (χ0v) is 17.4. The molecule has 0 saturated heterocycles. The summed E-state index contributed by atoms with van der Waals surface area (Å²) in [6.07, 6.45) is 1.47. The molecule has 2 heteroatoms. The summed E-state index contributed by atoms with van der Waals surface area (Å²) in [5.74, 6) is -0.338. The highest BCUT2D eigenvalue weighted by Crippen LogP contribution is 2.36. The van der Waals surface area contributed by atoms with Gasteiger partial charge in [-0.15, -0.1) is 0 Å². The van der Waals surface area contributed by atoms with Gasteiger partial charge in [0.1, 0.15) is 11.6 Å². The lowest BCUT2D eigenvalue weighted by Gasteiger charge is -2.16. The largest absolute Gasteiger partial charge is 0.206 e. The van der Waals surface area contributed by atoms with E-state index in [2.05, 4.69) is 0 Å². The molecule has 0 N–H and O–H groups in total. The average Bonchev–Trinajstić information content (AvgIpc) is 2.86. The van der Waals surface area contributed by atoms with Crippen LogP contribution in [0.1, 0.15) is 11.1 Å². The number of halogens is 2. The molecule has 0 spiro atoms. The van der Waals surface area contributed by atoms with Crippen LogP contribution in [0, 0.1) is 11.6 Å². The summed E-state index contributed by atoms with van der Waals surface area (Å²) in [6.45, 7) is 0. The first kappa shape index (κ1) is 18.9. The van der Waals surface area contributed by atoms with E-state index in [-0.39, 0.29) is 11.6 Å². The normalized spacial score (nSPS) is 11.7. The predicted octanol–water partition coefficient (Wildman–Crippen LogP) is 8.36. The Hall–Kier alpha value is -3.78. The van der Waals surface area contributed by atoms with Crippen molar-refractivity contribution in [1.82, 2.24) is 0 Å². The van der Waals surface area contributed by atoms with E-state index >= 15 is 8.78 Å². The summed E-state index contributed by atoms with van der Waals surface area (Å²) >= 11 is 0. The first-order valence-corrected chi connectivity index (χ1v) is 10.9. The van der Waals surface area contributed by atoms with Gasteiger partial charge in [-0.2, -0.15) is 0 Å². The fraction of sp³-hybridized carbons (Fsp3) is 0.0667. The Morgan fingerprint density at radius 1 is 0.344 bits per heavy atom. The molecule has 6 rings (SSSR count). The van der Waals surface area contributed by atoms with Crippen LogP contribution in [0.5, 0.6) is 0 Å². The van der Waals surface area contributed by atoms with E-state index in [1.165, 1.54) is 0 Å². The second-order valence-electron chi connectivity index (χ2n) is 8.27. The summed E-state index contributed by atoms with van der Waals surface area (Å²) in [5, 5.41) is 6.37. The highest BCUT2D eigenvalue weighted by molar-refractivity contribution is 6.04. The molecule has 0 bridgehead atoms. The van der Waals surface area contributed by atoms with Crippen LogP contribution < -0.4 is 0 Å². The van der Waals surface area contributed by atoms with Gasteiger partial charge in [-0.3, -0.25) is 0 Å². The molecular formula is C30H20F2. The maximum Gasteiger partial charge on any atom is 0.138 e. The third-order valence-corrected chi connectivity index (χ3v) is 6.58. The molecule has 6 aromatic rings. The topological polar surface area (TPSA) is 0 Å². The Morgan fingerprint density at radius 3 is 0.812 bits per heavy atom. The number of benzene rings is 6. The third-order valence-electron chi connectivity index (χ3n) is 6.58. The minimum Gasteiger partial charge on any atom is -0.206 e. The van der Waals surface area contributed by atoms with Gasteiger partial charge in [-0.1, -0.05) is 97.1 Å². The molecule has 0 aliphatic heterocycles. The lowest BCUT2D eigenvalue weighted by atomic mass is 9.89. The van der Waals surface area contributed by atoms with Crippen LogP contribution in [0.3, 0.4) is 0 Å². The van der Waals surface area contributed by atoms with Crippen molar-refractivity contribution in [3.05, 3.63) is 120 Å². The molecule has 0 heterocycles. The van der Waals surface area contributed by atoms with Crippen molar-refractivity contribution in [2.75, 3.05) is 0 Å². The summed E-state index contributed by atoms with van der Waals surface area (Å²) in [4.78, 5) is 0. The van der Waals surface area contributed by atoms with Crippen molar-refractivity contribution in [2.24, 2.45) is 0 Å². The fourth-order valence-corrected chi connectivity index (χ4v) is 5.12. The SMILES string of the molecule is Fc1c2ccccc2c(CCc2c3ccccc3c(F)c3ccccc23)c2ccccc12. The lowest BCUT2D eigenvalue weighted by Crippen LogP contribution is -1.99. The van der Waals surface area contributed by atoms with E-state index < -0.39 is 0 Å². The van der Waals surface area contributed by atoms with Gasteiger partial charge in [0, 0.05) is 21.5 Å². The Morgan fingerprint density at radius 2 is 0.562 bits per heavy atom. The molecular weight excluding hydrogens is 398 g/mol. The zero-order valence-electron chi connectivity index (χ0n) is 17.4. The van der Waals surface area contributed by atoms with Crippen molar-refractivity contribution in [2.45, 2.75) is 12.8 Å². The van der Waals surface area contributed by atoms with Gasteiger partial charge in [0.15, 0.2) is 0 Å². The van der Waals surface area contributed by atoms with Gasteiger partial charge in [-0.25, -0.2) is 8.78 Å². The second kappa shape index (κ2) is 7.42. The summed E-state index contributed by atoms with van der Waals surface area (Å²) in [6, 6.07) is 30.8. The lowest BCUT2D eigenvalue weighted by molar-refractivity contribution is 0.650. The molecule has 0 saturated carbocycles. The Bertz CT molecular complexity index is 1410. The maximum atomic E-state index is 15.2. The van der Waals surface area contributed by atoms with Crippen LogP contribution in [0.15, 0.2) is 97.1 Å². The molecule has 0 unspecified atom stereocenters. The van der Waals surface area contributed by atoms with Gasteiger partial charge in [-0.05, 0) is 45.5 Å². The highest BCUT2D eigenvalue weighted by atomic mass is 19.1. The smallest absolute Gasteiger partial charge is 0.138 e. The molecule has 154 valence electrons. The van der Waals surface area contributed by atoms with Crippen LogP contribution in [0.2, 0.25) is 0 Å². The summed E-state index contributed by atoms with van der Waals surface area (Å²) in [7, 11) is 0. The standard InChI is InChI=1S/C30H20F2/c31-29-25-13-5-1-9-19(25)23(20-10-2-6-14-26(20)29)17-18-24-21-11-3-7-15-27(21)30(32)28-16-8-4-12-22(24)28/h1-16H,17-18H2. The number of hydrogen-bond donors (Lipinski definition) is 0. The number of rotatable bonds is 3. The van der Waals surface area contributed by atoms with E-state index in [0.29, 0.717) is 21.5 Å². The highest BCUT2D eigenvalue weighted by Gasteiger charge is 2.16. The first-order chi connectivity index (χ1) is 15.7. The first-order valence-electron chi connectivity index (χ1n) is 10.9. The maximum absolute atomic E-state index is 15.2. The van der Waals surface area contributed by atoms with E-state index in [4.69, 9.17) is 0 Å². The predicted molar refractivity (Wildman–Crippen MR) is 130 cm³/mol. The minimum absolute atomic E-state index is 0.169. The Labute approximate surface area is 184 Å². The van der Waals surface area contributed by atoms with E-state index in [1.54, 1.807) is 0 Å². The monoisotopic (exact) mass is 418 g/mol. The van der Waals surface area contributed by atoms with Crippen LogP contribution in [-0.2, 0) is 12.8 Å². The van der Waals surface area contributed by atoms with E-state index in [1.807, 2.05) is 97.1 Å². The van der Waals surface area contributed by atoms with Gasteiger partial charge < -0.3 is 0 Å². The Balaban J connectivity index is 1.59. The molecule has 32 heavy (non-hydrogen) atoms. The second-order valence-corrected chi connectivity index (χ2v) is 8.27. The van der Waals surface area contributed by atoms with Crippen LogP contribution in [0.25, 0.3) is 43.1 Å². The van der Waals surface area contributed by atoms with Gasteiger partial charge in [0.25, 0.3) is 0 Å². The molecule has 0 atom stereocenters. The van der Waals surface area contributed by atoms with Crippen LogP contribution >= 0.6 is 0 Å². The van der Waals surface area contributed by atoms with E-state index in [0.717, 1.165) is 45.5 Å². The van der Waals surface area contributed by atoms with Crippen LogP contribution in [0.4, 0.5) is 8.78 Å². The summed E-state index contributed by atoms with van der Waals surface area (Å²) in [5.41, 5.74) is 2.27. The van der Waals surface area contributed by atoms with Gasteiger partial charge in [0.2, 0.25) is 0 Å². The molecule has 0 radical (unpaired) electrons. The molecule has 6 aromatic carbocycles. The van der Waals surface area contributed by atoms with Crippen molar-refractivity contribution in [1.29, 1.82) is 0 Å². The number of fused-ring (bicyclic) bond motifs is 4. The minimum atomic E-state index is -0.169. The number of aryl methyl sites for hydroxylation is 2. The molecule has 0 nitrogen and oxygen atoms in total. The molecule has 0 aromatic heterocycles. The quantitative estimate of drug-likeness (QED) is 0.253. The Kier molecular flexibility index (Phi) is 4.39. The van der Waals surface area contributed by atoms with Crippen LogP contribution in [-0.4, -0.2) is 0 Å². The fourth-order valence-electron chi connectivity index (χ4n) is 5.12. The molecule has 0 aliphatic rings. The van der Waals surface area contributed by atoms with Crippen molar-refractivity contribution < 1.29 is 8.78 Å². The number of hydrogen-bond acceptors (Lipinski definition) is 0. The average molecular weight is 418 g/mol. The van der Waals surface area contributed by atoms with Crippen molar-refractivity contribution >= 4 is 43.1 Å². The van der Waals surface area contributed by atoms with Gasteiger partial charge >= 0.3 is 0 Å². The van der Waals surface area contributed by atoms with Gasteiger partial charge in [0.05, 0.1) is 0 Å².